The number of carbonyl (C=O) groups is 2. The normalized spacial score (nSPS) is 17.9. The van der Waals surface area contributed by atoms with Crippen LogP contribution in [0, 0.1) is 0 Å². The molecule has 4 nitrogen and oxygen atoms in total. The number of aliphatic carboxylic acids is 1. The molecule has 1 heterocycles. The Morgan fingerprint density at radius 1 is 1.47 bits per heavy atom. The molecule has 1 aliphatic rings. The van der Waals surface area contributed by atoms with E-state index in [0.717, 1.165) is 6.42 Å². The van der Waals surface area contributed by atoms with E-state index in [1.54, 1.807) is 17.5 Å². The van der Waals surface area contributed by atoms with E-state index in [9.17, 15) is 9.59 Å². The highest BCUT2D eigenvalue weighted by Crippen LogP contribution is 2.32. The lowest BCUT2D eigenvalue weighted by Crippen LogP contribution is -2.59. The van der Waals surface area contributed by atoms with Gasteiger partial charge in [0.05, 0.1) is 4.88 Å². The van der Waals surface area contributed by atoms with Crippen LogP contribution in [0.2, 0.25) is 0 Å². The first kappa shape index (κ1) is 10.2. The smallest absolute Gasteiger partial charge is 0.329 e. The molecule has 0 atom stereocenters. The standard InChI is InChI=1S/C10H11NO3S/c12-8(7-3-1-6-15-7)11-10(9(13)14)4-2-5-10/h1,3,6H,2,4-5H2,(H,11,12)(H,13,14). The highest BCUT2D eigenvalue weighted by Gasteiger charge is 2.45. The van der Waals surface area contributed by atoms with Gasteiger partial charge in [0.15, 0.2) is 0 Å². The van der Waals surface area contributed by atoms with Crippen molar-refractivity contribution in [3.05, 3.63) is 22.4 Å². The molecule has 0 bridgehead atoms. The summed E-state index contributed by atoms with van der Waals surface area (Å²) in [5.74, 6) is -1.22. The fraction of sp³-hybridized carbons (Fsp3) is 0.400. The third-order valence-corrected chi connectivity index (χ3v) is 3.58. The molecule has 0 aromatic carbocycles. The van der Waals surface area contributed by atoms with Crippen LogP contribution >= 0.6 is 11.3 Å². The molecule has 1 aliphatic carbocycles. The SMILES string of the molecule is O=C(NC1(C(=O)O)CCC1)c1cccs1. The summed E-state index contributed by atoms with van der Waals surface area (Å²) in [6.45, 7) is 0. The monoisotopic (exact) mass is 225 g/mol. The molecule has 1 aromatic heterocycles. The minimum atomic E-state index is -1.01. The second-order valence-corrected chi connectivity index (χ2v) is 4.62. The minimum Gasteiger partial charge on any atom is -0.480 e. The van der Waals surface area contributed by atoms with Gasteiger partial charge in [0.2, 0.25) is 0 Å². The first-order chi connectivity index (χ1) is 7.14. The van der Waals surface area contributed by atoms with Crippen molar-refractivity contribution in [3.8, 4) is 0 Å². The van der Waals surface area contributed by atoms with E-state index < -0.39 is 11.5 Å². The van der Waals surface area contributed by atoms with Crippen LogP contribution in [0.1, 0.15) is 28.9 Å². The number of hydrogen-bond donors (Lipinski definition) is 2. The third kappa shape index (κ3) is 1.74. The fourth-order valence-corrected chi connectivity index (χ4v) is 2.23. The second kappa shape index (κ2) is 3.66. The number of hydrogen-bond acceptors (Lipinski definition) is 3. The van der Waals surface area contributed by atoms with Crippen molar-refractivity contribution < 1.29 is 14.7 Å². The highest BCUT2D eigenvalue weighted by molar-refractivity contribution is 7.12. The maximum atomic E-state index is 11.7. The van der Waals surface area contributed by atoms with Crippen LogP contribution in [0.5, 0.6) is 0 Å². The van der Waals surface area contributed by atoms with Gasteiger partial charge >= 0.3 is 5.97 Å². The van der Waals surface area contributed by atoms with Crippen LogP contribution < -0.4 is 5.32 Å². The number of amides is 1. The molecule has 0 aliphatic heterocycles. The molecule has 2 N–H and O–H groups in total. The summed E-state index contributed by atoms with van der Waals surface area (Å²) >= 11 is 1.31. The first-order valence-corrected chi connectivity index (χ1v) is 5.61. The lowest BCUT2D eigenvalue weighted by molar-refractivity contribution is -0.148. The van der Waals surface area contributed by atoms with Crippen molar-refractivity contribution in [3.63, 3.8) is 0 Å². The number of rotatable bonds is 3. The molecular formula is C10H11NO3S. The number of carboxylic acids is 1. The molecule has 15 heavy (non-hydrogen) atoms. The molecule has 0 unspecified atom stereocenters. The van der Waals surface area contributed by atoms with Gasteiger partial charge in [-0.2, -0.15) is 0 Å². The maximum absolute atomic E-state index is 11.7. The van der Waals surface area contributed by atoms with E-state index in [-0.39, 0.29) is 5.91 Å². The summed E-state index contributed by atoms with van der Waals surface area (Å²) in [6.07, 6.45) is 1.91. The lowest BCUT2D eigenvalue weighted by atomic mass is 9.77. The predicted molar refractivity (Wildman–Crippen MR) is 56.0 cm³/mol. The third-order valence-electron chi connectivity index (χ3n) is 2.71. The van der Waals surface area contributed by atoms with Gasteiger partial charge in [0.1, 0.15) is 5.54 Å². The Balaban J connectivity index is 2.08. The number of carboxylic acid groups (broad SMARTS) is 1. The van der Waals surface area contributed by atoms with Crippen LogP contribution in [-0.4, -0.2) is 22.5 Å². The largest absolute Gasteiger partial charge is 0.480 e. The number of nitrogens with one attached hydrogen (secondary N) is 1. The highest BCUT2D eigenvalue weighted by atomic mass is 32.1. The molecule has 2 rings (SSSR count). The Kier molecular flexibility index (Phi) is 2.48. The Bertz CT molecular complexity index is 381. The zero-order valence-electron chi connectivity index (χ0n) is 8.03. The summed E-state index contributed by atoms with van der Waals surface area (Å²) < 4.78 is 0. The summed E-state index contributed by atoms with van der Waals surface area (Å²) in [4.78, 5) is 23.2. The van der Waals surface area contributed by atoms with Gasteiger partial charge in [-0.05, 0) is 30.7 Å². The van der Waals surface area contributed by atoms with Gasteiger partial charge in [0, 0.05) is 0 Å². The van der Waals surface area contributed by atoms with Crippen LogP contribution in [0.15, 0.2) is 17.5 Å². The summed E-state index contributed by atoms with van der Waals surface area (Å²) in [7, 11) is 0. The molecular weight excluding hydrogens is 214 g/mol. The Morgan fingerprint density at radius 3 is 2.60 bits per heavy atom. The van der Waals surface area contributed by atoms with E-state index >= 15 is 0 Å². The molecule has 1 aromatic rings. The molecule has 1 saturated carbocycles. The Labute approximate surface area is 90.9 Å². The minimum absolute atomic E-state index is 0.285. The zero-order valence-corrected chi connectivity index (χ0v) is 8.84. The average Bonchev–Trinajstić information content (AvgIpc) is 2.62. The molecule has 0 radical (unpaired) electrons. The molecule has 1 amide bonds. The van der Waals surface area contributed by atoms with Gasteiger partial charge in [-0.25, -0.2) is 4.79 Å². The van der Waals surface area contributed by atoms with Crippen molar-refractivity contribution in [1.29, 1.82) is 0 Å². The predicted octanol–water partition coefficient (Wildman–Crippen LogP) is 1.49. The average molecular weight is 225 g/mol. The molecule has 1 fully saturated rings. The molecule has 0 saturated heterocycles. The summed E-state index contributed by atoms with van der Waals surface area (Å²) in [5.41, 5.74) is -1.01. The lowest BCUT2D eigenvalue weighted by Gasteiger charge is -2.38. The van der Waals surface area contributed by atoms with Gasteiger partial charge in [-0.1, -0.05) is 6.07 Å². The van der Waals surface area contributed by atoms with Crippen molar-refractivity contribution >= 4 is 23.2 Å². The van der Waals surface area contributed by atoms with Crippen LogP contribution in [0.25, 0.3) is 0 Å². The topological polar surface area (TPSA) is 66.4 Å². The fourth-order valence-electron chi connectivity index (χ4n) is 1.61. The van der Waals surface area contributed by atoms with E-state index in [1.165, 1.54) is 11.3 Å². The van der Waals surface area contributed by atoms with E-state index in [4.69, 9.17) is 5.11 Å². The number of thiophene rings is 1. The summed E-state index contributed by atoms with van der Waals surface area (Å²) in [5, 5.41) is 13.4. The number of carbonyl (C=O) groups excluding carboxylic acids is 1. The molecule has 0 spiro atoms. The van der Waals surface area contributed by atoms with E-state index in [1.807, 2.05) is 0 Å². The Morgan fingerprint density at radius 2 is 2.20 bits per heavy atom. The quantitative estimate of drug-likeness (QED) is 0.819. The molecule has 5 heteroatoms. The van der Waals surface area contributed by atoms with Crippen molar-refractivity contribution in [1.82, 2.24) is 5.32 Å². The van der Waals surface area contributed by atoms with Crippen molar-refractivity contribution in [2.45, 2.75) is 24.8 Å². The van der Waals surface area contributed by atoms with Crippen molar-refractivity contribution in [2.75, 3.05) is 0 Å². The van der Waals surface area contributed by atoms with Gasteiger partial charge < -0.3 is 10.4 Å². The van der Waals surface area contributed by atoms with Crippen LogP contribution in [0.3, 0.4) is 0 Å². The van der Waals surface area contributed by atoms with E-state index in [0.29, 0.717) is 17.7 Å². The first-order valence-electron chi connectivity index (χ1n) is 4.73. The van der Waals surface area contributed by atoms with Crippen LogP contribution in [0.4, 0.5) is 0 Å². The van der Waals surface area contributed by atoms with E-state index in [2.05, 4.69) is 5.32 Å². The van der Waals surface area contributed by atoms with Gasteiger partial charge in [-0.3, -0.25) is 4.79 Å². The second-order valence-electron chi connectivity index (χ2n) is 3.67. The van der Waals surface area contributed by atoms with Crippen molar-refractivity contribution in [2.24, 2.45) is 0 Å². The van der Waals surface area contributed by atoms with Crippen LogP contribution in [-0.2, 0) is 4.79 Å². The van der Waals surface area contributed by atoms with Gasteiger partial charge in [-0.15, -0.1) is 11.3 Å². The Hall–Kier alpha value is -1.36. The summed E-state index contributed by atoms with van der Waals surface area (Å²) in [6, 6.07) is 3.46. The van der Waals surface area contributed by atoms with Gasteiger partial charge in [0.25, 0.3) is 5.91 Å². The zero-order chi connectivity index (χ0) is 10.9. The molecule has 80 valence electrons. The maximum Gasteiger partial charge on any atom is 0.329 e.